The van der Waals surface area contributed by atoms with Crippen LogP contribution in [0.2, 0.25) is 0 Å². The van der Waals surface area contributed by atoms with Crippen molar-refractivity contribution in [3.05, 3.63) is 35.4 Å². The molecule has 0 aromatic heterocycles. The zero-order chi connectivity index (χ0) is 8.97. The van der Waals surface area contributed by atoms with E-state index in [9.17, 15) is 4.79 Å². The summed E-state index contributed by atoms with van der Waals surface area (Å²) in [6.45, 7) is 4.07. The standard InChI is InChI=1S/C11H14O/c1-3-10(8-12)11-6-4-9(2)5-7-11/h4-8,10H,3H2,1-2H3/t10-/m1/s1. The van der Waals surface area contributed by atoms with E-state index >= 15 is 0 Å². The fraction of sp³-hybridized carbons (Fsp3) is 0.364. The lowest BCUT2D eigenvalue weighted by Gasteiger charge is -2.06. The van der Waals surface area contributed by atoms with E-state index in [1.807, 2.05) is 38.1 Å². The normalized spacial score (nSPS) is 12.5. The largest absolute Gasteiger partial charge is 0.303 e. The van der Waals surface area contributed by atoms with Crippen LogP contribution in [0.25, 0.3) is 0 Å². The van der Waals surface area contributed by atoms with Gasteiger partial charge in [-0.2, -0.15) is 0 Å². The lowest BCUT2D eigenvalue weighted by Crippen LogP contribution is -1.97. The number of carbonyl (C=O) groups excluding carboxylic acids is 1. The van der Waals surface area contributed by atoms with Gasteiger partial charge in [0.15, 0.2) is 0 Å². The first-order chi connectivity index (χ1) is 5.77. The van der Waals surface area contributed by atoms with Crippen LogP contribution in [0.5, 0.6) is 0 Å². The van der Waals surface area contributed by atoms with Gasteiger partial charge in [0.05, 0.1) is 0 Å². The molecule has 0 unspecified atom stereocenters. The van der Waals surface area contributed by atoms with Crippen molar-refractivity contribution in [2.45, 2.75) is 26.2 Å². The summed E-state index contributed by atoms with van der Waals surface area (Å²) in [4.78, 5) is 10.6. The van der Waals surface area contributed by atoms with Gasteiger partial charge in [0.2, 0.25) is 0 Å². The maximum atomic E-state index is 10.6. The Hall–Kier alpha value is -1.11. The third kappa shape index (κ3) is 1.94. The van der Waals surface area contributed by atoms with E-state index in [1.54, 1.807) is 0 Å². The predicted octanol–water partition coefficient (Wildman–Crippen LogP) is 2.69. The Morgan fingerprint density at radius 3 is 2.33 bits per heavy atom. The van der Waals surface area contributed by atoms with E-state index in [4.69, 9.17) is 0 Å². The van der Waals surface area contributed by atoms with E-state index in [1.165, 1.54) is 5.56 Å². The van der Waals surface area contributed by atoms with Gasteiger partial charge in [-0.3, -0.25) is 0 Å². The van der Waals surface area contributed by atoms with Crippen LogP contribution >= 0.6 is 0 Å². The molecule has 0 fully saturated rings. The zero-order valence-electron chi connectivity index (χ0n) is 7.58. The molecule has 0 spiro atoms. The number of hydrogen-bond donors (Lipinski definition) is 0. The maximum absolute atomic E-state index is 10.6. The first kappa shape index (κ1) is 8.98. The Bertz CT molecular complexity index is 248. The van der Waals surface area contributed by atoms with Crippen molar-refractivity contribution in [3.8, 4) is 0 Å². The summed E-state index contributed by atoms with van der Waals surface area (Å²) >= 11 is 0. The average molecular weight is 162 g/mol. The molecule has 1 atom stereocenters. The van der Waals surface area contributed by atoms with Gasteiger partial charge in [0.1, 0.15) is 6.29 Å². The quantitative estimate of drug-likeness (QED) is 0.624. The van der Waals surface area contributed by atoms with E-state index in [0.717, 1.165) is 18.3 Å². The number of rotatable bonds is 3. The third-order valence-electron chi connectivity index (χ3n) is 2.11. The highest BCUT2D eigenvalue weighted by atomic mass is 16.1. The summed E-state index contributed by atoms with van der Waals surface area (Å²) in [5, 5.41) is 0. The van der Waals surface area contributed by atoms with E-state index in [2.05, 4.69) is 0 Å². The SMILES string of the molecule is CC[C@H](C=O)c1ccc(C)cc1. The van der Waals surface area contributed by atoms with Gasteiger partial charge in [0.25, 0.3) is 0 Å². The Kier molecular flexibility index (Phi) is 3.03. The molecule has 1 rings (SSSR count). The molecule has 0 saturated carbocycles. The van der Waals surface area contributed by atoms with Gasteiger partial charge < -0.3 is 4.79 Å². The van der Waals surface area contributed by atoms with Crippen LogP contribution in [-0.4, -0.2) is 6.29 Å². The van der Waals surface area contributed by atoms with Crippen LogP contribution in [0.4, 0.5) is 0 Å². The number of hydrogen-bond acceptors (Lipinski definition) is 1. The average Bonchev–Trinajstić information content (AvgIpc) is 2.10. The fourth-order valence-electron chi connectivity index (χ4n) is 1.22. The summed E-state index contributed by atoms with van der Waals surface area (Å²) in [7, 11) is 0. The molecule has 1 heteroatoms. The highest BCUT2D eigenvalue weighted by Crippen LogP contribution is 2.16. The Morgan fingerprint density at radius 2 is 1.92 bits per heavy atom. The monoisotopic (exact) mass is 162 g/mol. The second kappa shape index (κ2) is 4.05. The highest BCUT2D eigenvalue weighted by molar-refractivity contribution is 5.61. The molecule has 0 aliphatic heterocycles. The summed E-state index contributed by atoms with van der Waals surface area (Å²) < 4.78 is 0. The molecule has 0 N–H and O–H groups in total. The minimum atomic E-state index is 0.0746. The summed E-state index contributed by atoms with van der Waals surface area (Å²) in [6.07, 6.45) is 1.90. The molecule has 0 aliphatic carbocycles. The Labute approximate surface area is 73.4 Å². The van der Waals surface area contributed by atoms with Crippen LogP contribution in [0, 0.1) is 6.92 Å². The molecule has 64 valence electrons. The van der Waals surface area contributed by atoms with E-state index in [0.29, 0.717) is 0 Å². The number of aryl methyl sites for hydroxylation is 1. The van der Waals surface area contributed by atoms with Crippen molar-refractivity contribution >= 4 is 6.29 Å². The summed E-state index contributed by atoms with van der Waals surface area (Å²) in [5.41, 5.74) is 2.36. The van der Waals surface area contributed by atoms with Gasteiger partial charge in [-0.1, -0.05) is 36.8 Å². The molecule has 0 radical (unpaired) electrons. The Balaban J connectivity index is 2.87. The minimum Gasteiger partial charge on any atom is -0.303 e. The number of carbonyl (C=O) groups is 1. The summed E-state index contributed by atoms with van der Waals surface area (Å²) in [5.74, 6) is 0.0746. The molecule has 0 aliphatic rings. The van der Waals surface area contributed by atoms with Gasteiger partial charge in [-0.15, -0.1) is 0 Å². The molecule has 12 heavy (non-hydrogen) atoms. The van der Waals surface area contributed by atoms with Gasteiger partial charge in [-0.25, -0.2) is 0 Å². The van der Waals surface area contributed by atoms with Crippen molar-refractivity contribution in [1.29, 1.82) is 0 Å². The smallest absolute Gasteiger partial charge is 0.127 e. The van der Waals surface area contributed by atoms with Crippen molar-refractivity contribution in [1.82, 2.24) is 0 Å². The van der Waals surface area contributed by atoms with Gasteiger partial charge in [-0.05, 0) is 18.9 Å². The predicted molar refractivity (Wildman–Crippen MR) is 50.3 cm³/mol. The highest BCUT2D eigenvalue weighted by Gasteiger charge is 2.05. The van der Waals surface area contributed by atoms with Crippen LogP contribution in [0.3, 0.4) is 0 Å². The van der Waals surface area contributed by atoms with Crippen LogP contribution in [0.1, 0.15) is 30.4 Å². The molecule has 1 aromatic rings. The molecule has 1 nitrogen and oxygen atoms in total. The molecule has 0 heterocycles. The van der Waals surface area contributed by atoms with Crippen LogP contribution in [-0.2, 0) is 4.79 Å². The van der Waals surface area contributed by atoms with Gasteiger partial charge in [0, 0.05) is 5.92 Å². The topological polar surface area (TPSA) is 17.1 Å². The van der Waals surface area contributed by atoms with Crippen molar-refractivity contribution in [3.63, 3.8) is 0 Å². The molecule has 0 amide bonds. The number of benzene rings is 1. The third-order valence-corrected chi connectivity index (χ3v) is 2.11. The lowest BCUT2D eigenvalue weighted by molar-refractivity contribution is -0.109. The van der Waals surface area contributed by atoms with E-state index < -0.39 is 0 Å². The zero-order valence-corrected chi connectivity index (χ0v) is 7.58. The van der Waals surface area contributed by atoms with Crippen molar-refractivity contribution < 1.29 is 4.79 Å². The summed E-state index contributed by atoms with van der Waals surface area (Å²) in [6, 6.07) is 8.14. The first-order valence-electron chi connectivity index (χ1n) is 4.29. The lowest BCUT2D eigenvalue weighted by atomic mass is 9.97. The van der Waals surface area contributed by atoms with Crippen LogP contribution < -0.4 is 0 Å². The Morgan fingerprint density at radius 1 is 1.33 bits per heavy atom. The van der Waals surface area contributed by atoms with Gasteiger partial charge >= 0.3 is 0 Å². The fourth-order valence-corrected chi connectivity index (χ4v) is 1.22. The van der Waals surface area contributed by atoms with Crippen molar-refractivity contribution in [2.75, 3.05) is 0 Å². The minimum absolute atomic E-state index is 0.0746. The van der Waals surface area contributed by atoms with E-state index in [-0.39, 0.29) is 5.92 Å². The maximum Gasteiger partial charge on any atom is 0.127 e. The molecule has 0 saturated heterocycles. The molecule has 1 aromatic carbocycles. The first-order valence-corrected chi connectivity index (χ1v) is 4.29. The number of aldehydes is 1. The molecular weight excluding hydrogens is 148 g/mol. The second-order valence-corrected chi connectivity index (χ2v) is 3.06. The second-order valence-electron chi connectivity index (χ2n) is 3.06. The molecular formula is C11H14O. The van der Waals surface area contributed by atoms with Crippen LogP contribution in [0.15, 0.2) is 24.3 Å². The van der Waals surface area contributed by atoms with Crippen molar-refractivity contribution in [2.24, 2.45) is 0 Å². The molecule has 0 bridgehead atoms.